The molecule has 2 fully saturated rings. The summed E-state index contributed by atoms with van der Waals surface area (Å²) in [7, 11) is -3.58. The Hall–Kier alpha value is -1.15. The minimum atomic E-state index is -3.58. The number of para-hydroxylation sites is 1. The van der Waals surface area contributed by atoms with E-state index in [0.717, 1.165) is 12.8 Å². The molecule has 2 unspecified atom stereocenters. The lowest BCUT2D eigenvalue weighted by atomic mass is 10.0. The highest BCUT2D eigenvalue weighted by Crippen LogP contribution is 2.40. The lowest BCUT2D eigenvalue weighted by Crippen LogP contribution is -2.48. The van der Waals surface area contributed by atoms with Crippen LogP contribution >= 0.6 is 0 Å². The molecule has 0 radical (unpaired) electrons. The number of aliphatic hydroxyl groups excluding tert-OH is 1. The maximum absolute atomic E-state index is 12.9. The molecule has 2 saturated heterocycles. The Labute approximate surface area is 118 Å². The van der Waals surface area contributed by atoms with Crippen molar-refractivity contribution in [2.24, 2.45) is 5.84 Å². The summed E-state index contributed by atoms with van der Waals surface area (Å²) in [6.07, 6.45) is 2.29. The van der Waals surface area contributed by atoms with Gasteiger partial charge in [0.1, 0.15) is 4.90 Å². The number of hydrazine groups is 1. The third kappa shape index (κ3) is 2.10. The second-order valence-electron chi connectivity index (χ2n) is 5.49. The van der Waals surface area contributed by atoms with Gasteiger partial charge in [-0.15, -0.1) is 0 Å². The van der Waals surface area contributed by atoms with Gasteiger partial charge in [-0.25, -0.2) is 8.42 Å². The van der Waals surface area contributed by atoms with Crippen molar-refractivity contribution < 1.29 is 13.5 Å². The number of benzene rings is 1. The van der Waals surface area contributed by atoms with Crippen LogP contribution in [0.2, 0.25) is 0 Å². The van der Waals surface area contributed by atoms with Crippen LogP contribution in [0.4, 0.5) is 5.69 Å². The largest absolute Gasteiger partial charge is 0.393 e. The third-order valence-electron chi connectivity index (χ3n) is 4.24. The number of rotatable bonds is 3. The van der Waals surface area contributed by atoms with E-state index >= 15 is 0 Å². The zero-order chi connectivity index (χ0) is 14.3. The van der Waals surface area contributed by atoms with Gasteiger partial charge in [0, 0.05) is 12.1 Å². The van der Waals surface area contributed by atoms with Crippen molar-refractivity contribution in [1.82, 2.24) is 4.31 Å². The first-order chi connectivity index (χ1) is 9.54. The average Bonchev–Trinajstić information content (AvgIpc) is 2.72. The molecule has 3 rings (SSSR count). The number of nitrogens with two attached hydrogens (primary N) is 1. The molecule has 2 bridgehead atoms. The fraction of sp³-hybridized carbons (Fsp3) is 0.538. The van der Waals surface area contributed by atoms with E-state index in [9.17, 15) is 13.5 Å². The van der Waals surface area contributed by atoms with Gasteiger partial charge in [0.15, 0.2) is 0 Å². The van der Waals surface area contributed by atoms with E-state index in [4.69, 9.17) is 5.84 Å². The van der Waals surface area contributed by atoms with E-state index in [-0.39, 0.29) is 23.1 Å². The number of piperidine rings is 1. The van der Waals surface area contributed by atoms with Crippen molar-refractivity contribution in [3.8, 4) is 0 Å². The highest BCUT2D eigenvalue weighted by atomic mass is 32.2. The van der Waals surface area contributed by atoms with Gasteiger partial charge in [0.05, 0.1) is 11.8 Å². The molecule has 110 valence electrons. The van der Waals surface area contributed by atoms with Gasteiger partial charge >= 0.3 is 0 Å². The minimum Gasteiger partial charge on any atom is -0.393 e. The van der Waals surface area contributed by atoms with E-state index in [0.29, 0.717) is 18.5 Å². The summed E-state index contributed by atoms with van der Waals surface area (Å²) in [6, 6.07) is 6.44. The highest BCUT2D eigenvalue weighted by molar-refractivity contribution is 7.89. The van der Waals surface area contributed by atoms with Crippen molar-refractivity contribution >= 4 is 15.7 Å². The molecular formula is C13H19N3O3S. The quantitative estimate of drug-likeness (QED) is 0.562. The Bertz CT molecular complexity index is 591. The van der Waals surface area contributed by atoms with Gasteiger partial charge in [-0.2, -0.15) is 4.31 Å². The number of anilines is 1. The molecule has 7 heteroatoms. The van der Waals surface area contributed by atoms with Crippen LogP contribution in [-0.4, -0.2) is 36.0 Å². The molecule has 2 atom stereocenters. The summed E-state index contributed by atoms with van der Waals surface area (Å²) in [6.45, 7) is 0. The predicted molar refractivity (Wildman–Crippen MR) is 75.3 cm³/mol. The Morgan fingerprint density at radius 3 is 2.40 bits per heavy atom. The summed E-state index contributed by atoms with van der Waals surface area (Å²) in [5.41, 5.74) is 2.85. The van der Waals surface area contributed by atoms with E-state index in [1.807, 2.05) is 0 Å². The standard InChI is InChI=1S/C13H19N3O3S/c14-15-12-3-1-2-4-13(12)20(18,19)16-9-5-6-10(16)8-11(17)7-9/h1-4,9-11,15,17H,5-8,14H2. The topological polar surface area (TPSA) is 95.7 Å². The summed E-state index contributed by atoms with van der Waals surface area (Å²) in [5, 5.41) is 9.79. The van der Waals surface area contributed by atoms with Crippen LogP contribution in [0, 0.1) is 0 Å². The second kappa shape index (κ2) is 5.00. The first-order valence-corrected chi connectivity index (χ1v) is 8.25. The summed E-state index contributed by atoms with van der Waals surface area (Å²) in [5.74, 6) is 5.41. The number of hydrogen-bond acceptors (Lipinski definition) is 5. The molecule has 4 N–H and O–H groups in total. The molecular weight excluding hydrogens is 278 g/mol. The zero-order valence-corrected chi connectivity index (χ0v) is 11.9. The molecule has 0 aromatic heterocycles. The molecule has 1 aromatic carbocycles. The Balaban J connectivity index is 2.01. The van der Waals surface area contributed by atoms with Crippen LogP contribution in [0.15, 0.2) is 29.2 Å². The van der Waals surface area contributed by atoms with E-state index in [2.05, 4.69) is 5.43 Å². The number of hydrogen-bond donors (Lipinski definition) is 3. The molecule has 2 aliphatic rings. The fourth-order valence-corrected chi connectivity index (χ4v) is 5.47. The molecule has 2 aliphatic heterocycles. The molecule has 2 heterocycles. The fourth-order valence-electron chi connectivity index (χ4n) is 3.42. The highest BCUT2D eigenvalue weighted by Gasteiger charge is 2.47. The molecule has 6 nitrogen and oxygen atoms in total. The van der Waals surface area contributed by atoms with E-state index < -0.39 is 10.0 Å². The van der Waals surface area contributed by atoms with Crippen molar-refractivity contribution in [3.05, 3.63) is 24.3 Å². The Morgan fingerprint density at radius 2 is 1.80 bits per heavy atom. The summed E-state index contributed by atoms with van der Waals surface area (Å²) >= 11 is 0. The monoisotopic (exact) mass is 297 g/mol. The maximum atomic E-state index is 12.9. The number of fused-ring (bicyclic) bond motifs is 2. The number of nitrogens with one attached hydrogen (secondary N) is 1. The smallest absolute Gasteiger partial charge is 0.245 e. The van der Waals surface area contributed by atoms with Gasteiger partial charge in [0.2, 0.25) is 10.0 Å². The molecule has 20 heavy (non-hydrogen) atoms. The SMILES string of the molecule is NNc1ccccc1S(=O)(=O)N1C2CCC1CC(O)C2. The Kier molecular flexibility index (Phi) is 3.45. The lowest BCUT2D eigenvalue weighted by Gasteiger charge is -2.36. The van der Waals surface area contributed by atoms with Gasteiger partial charge in [-0.05, 0) is 37.8 Å². The minimum absolute atomic E-state index is 0.0976. The van der Waals surface area contributed by atoms with Gasteiger partial charge in [0.25, 0.3) is 0 Å². The van der Waals surface area contributed by atoms with Crippen molar-refractivity contribution in [2.45, 2.75) is 48.8 Å². The molecule has 0 saturated carbocycles. The summed E-state index contributed by atoms with van der Waals surface area (Å²) in [4.78, 5) is 0.204. The number of nitrogen functional groups attached to an aromatic ring is 1. The van der Waals surface area contributed by atoms with E-state index in [1.54, 1.807) is 28.6 Å². The third-order valence-corrected chi connectivity index (χ3v) is 6.30. The maximum Gasteiger partial charge on any atom is 0.245 e. The number of nitrogens with zero attached hydrogens (tertiary/aromatic N) is 1. The molecule has 0 aliphatic carbocycles. The van der Waals surface area contributed by atoms with Gasteiger partial charge < -0.3 is 10.5 Å². The van der Waals surface area contributed by atoms with Crippen molar-refractivity contribution in [2.75, 3.05) is 5.43 Å². The first kappa shape index (κ1) is 13.8. The van der Waals surface area contributed by atoms with Crippen molar-refractivity contribution in [1.29, 1.82) is 0 Å². The zero-order valence-electron chi connectivity index (χ0n) is 11.1. The van der Waals surface area contributed by atoms with Gasteiger partial charge in [-0.3, -0.25) is 5.84 Å². The first-order valence-electron chi connectivity index (χ1n) is 6.81. The molecule has 0 amide bonds. The van der Waals surface area contributed by atoms with E-state index in [1.165, 1.54) is 0 Å². The average molecular weight is 297 g/mol. The van der Waals surface area contributed by atoms with Crippen LogP contribution in [0.5, 0.6) is 0 Å². The van der Waals surface area contributed by atoms with Crippen LogP contribution in [0.25, 0.3) is 0 Å². The number of sulfonamides is 1. The van der Waals surface area contributed by atoms with Crippen molar-refractivity contribution in [3.63, 3.8) is 0 Å². The Morgan fingerprint density at radius 1 is 1.20 bits per heavy atom. The summed E-state index contributed by atoms with van der Waals surface area (Å²) < 4.78 is 27.3. The number of aliphatic hydroxyl groups is 1. The van der Waals surface area contributed by atoms with Crippen LogP contribution < -0.4 is 11.3 Å². The normalized spacial score (nSPS) is 30.4. The van der Waals surface area contributed by atoms with Crippen LogP contribution in [0.3, 0.4) is 0 Å². The van der Waals surface area contributed by atoms with Crippen LogP contribution in [0.1, 0.15) is 25.7 Å². The lowest BCUT2D eigenvalue weighted by molar-refractivity contribution is 0.0769. The molecule has 1 aromatic rings. The second-order valence-corrected chi connectivity index (χ2v) is 7.30. The predicted octanol–water partition coefficient (Wildman–Crippen LogP) is 0.649. The van der Waals surface area contributed by atoms with Crippen LogP contribution in [-0.2, 0) is 10.0 Å². The van der Waals surface area contributed by atoms with Gasteiger partial charge in [-0.1, -0.05) is 12.1 Å². The molecule has 0 spiro atoms.